The topological polar surface area (TPSA) is 96.7 Å². The molecule has 4 aromatic rings. The predicted octanol–water partition coefficient (Wildman–Crippen LogP) is 4.02. The van der Waals surface area contributed by atoms with E-state index in [1.165, 1.54) is 11.3 Å². The van der Waals surface area contributed by atoms with E-state index < -0.39 is 0 Å². The molecule has 0 saturated heterocycles. The molecule has 7 nitrogen and oxygen atoms in total. The van der Waals surface area contributed by atoms with Gasteiger partial charge in [0.2, 0.25) is 5.13 Å². The lowest BCUT2D eigenvalue weighted by atomic mass is 10.1. The van der Waals surface area contributed by atoms with Crippen LogP contribution in [0.2, 0.25) is 0 Å². The fraction of sp³-hybridized carbons (Fsp3) is 0.0526. The maximum absolute atomic E-state index is 12.5. The molecule has 0 bridgehead atoms. The van der Waals surface area contributed by atoms with Gasteiger partial charge in [-0.2, -0.15) is 15.0 Å². The van der Waals surface area contributed by atoms with Crippen molar-refractivity contribution in [1.82, 2.24) is 14.8 Å². The maximum atomic E-state index is 12.5. The van der Waals surface area contributed by atoms with Crippen LogP contribution in [0.4, 0.5) is 5.82 Å². The minimum absolute atomic E-state index is 0.288. The van der Waals surface area contributed by atoms with Crippen LogP contribution in [-0.2, 0) is 0 Å². The summed E-state index contributed by atoms with van der Waals surface area (Å²) in [6.07, 6.45) is 1.59. The van der Waals surface area contributed by atoms with Gasteiger partial charge in [-0.25, -0.2) is 4.98 Å². The number of nitrogens with zero attached hydrogens (tertiary/aromatic N) is 4. The number of anilines is 1. The molecule has 0 atom stereocenters. The minimum Gasteiger partial charge on any atom is -0.463 e. The summed E-state index contributed by atoms with van der Waals surface area (Å²) in [7, 11) is 0. The molecule has 0 aliphatic carbocycles. The van der Waals surface area contributed by atoms with E-state index in [4.69, 9.17) is 9.68 Å². The van der Waals surface area contributed by atoms with Crippen molar-refractivity contribution >= 4 is 23.1 Å². The Hall–Kier alpha value is -3.70. The molecule has 1 amide bonds. The maximum Gasteiger partial charge on any atom is 0.256 e. The zero-order valence-corrected chi connectivity index (χ0v) is 15.0. The zero-order chi connectivity index (χ0) is 18.8. The van der Waals surface area contributed by atoms with Crippen LogP contribution < -0.4 is 5.32 Å². The van der Waals surface area contributed by atoms with Gasteiger partial charge in [0.05, 0.1) is 23.6 Å². The number of hydrogen-bond acceptors (Lipinski definition) is 6. The Morgan fingerprint density at radius 3 is 2.81 bits per heavy atom. The van der Waals surface area contributed by atoms with E-state index in [2.05, 4.69) is 15.4 Å². The highest BCUT2D eigenvalue weighted by Gasteiger charge is 2.16. The van der Waals surface area contributed by atoms with E-state index in [9.17, 15) is 4.79 Å². The molecular formula is C19H13N5O2S. The summed E-state index contributed by atoms with van der Waals surface area (Å²) in [5.74, 6) is 0.898. The van der Waals surface area contributed by atoms with Crippen molar-refractivity contribution in [2.75, 3.05) is 5.32 Å². The average molecular weight is 375 g/mol. The second-order valence-electron chi connectivity index (χ2n) is 5.72. The Morgan fingerprint density at radius 1 is 1.30 bits per heavy atom. The van der Waals surface area contributed by atoms with Crippen molar-refractivity contribution in [1.29, 1.82) is 5.26 Å². The highest BCUT2D eigenvalue weighted by molar-refractivity contribution is 7.12. The molecule has 1 N–H and O–H groups in total. The molecule has 0 spiro atoms. The summed E-state index contributed by atoms with van der Waals surface area (Å²) < 4.78 is 6.96. The van der Waals surface area contributed by atoms with Gasteiger partial charge in [-0.1, -0.05) is 0 Å². The highest BCUT2D eigenvalue weighted by atomic mass is 32.1. The van der Waals surface area contributed by atoms with Crippen LogP contribution >= 0.6 is 11.3 Å². The number of rotatable bonds is 4. The van der Waals surface area contributed by atoms with Gasteiger partial charge in [0.15, 0.2) is 5.76 Å². The Kier molecular flexibility index (Phi) is 4.28. The molecule has 0 aliphatic heterocycles. The van der Waals surface area contributed by atoms with Crippen molar-refractivity contribution in [2.24, 2.45) is 0 Å². The summed E-state index contributed by atoms with van der Waals surface area (Å²) in [5, 5.41) is 18.6. The molecule has 0 aliphatic rings. The smallest absolute Gasteiger partial charge is 0.256 e. The Bertz CT molecular complexity index is 1130. The first kappa shape index (κ1) is 16.8. The predicted molar refractivity (Wildman–Crippen MR) is 101 cm³/mol. The van der Waals surface area contributed by atoms with Gasteiger partial charge < -0.3 is 9.73 Å². The lowest BCUT2D eigenvalue weighted by Gasteiger charge is -2.06. The van der Waals surface area contributed by atoms with E-state index in [0.717, 1.165) is 5.69 Å². The van der Waals surface area contributed by atoms with Gasteiger partial charge in [-0.15, -0.1) is 11.3 Å². The Morgan fingerprint density at radius 2 is 2.11 bits per heavy atom. The average Bonchev–Trinajstić information content (AvgIpc) is 3.42. The van der Waals surface area contributed by atoms with Gasteiger partial charge in [-0.05, 0) is 43.3 Å². The van der Waals surface area contributed by atoms with E-state index in [0.29, 0.717) is 33.5 Å². The third kappa shape index (κ3) is 3.36. The summed E-state index contributed by atoms with van der Waals surface area (Å²) in [5.41, 5.74) is 2.41. The number of carbonyl (C=O) groups excluding carboxylic acids is 1. The molecule has 8 heteroatoms. The van der Waals surface area contributed by atoms with E-state index in [1.807, 2.05) is 24.4 Å². The standard InChI is InChI=1S/C19H13N5O2S/c1-12-9-17(22-18(25)14-6-4-13(10-20)5-7-14)24(23-12)19-21-15(11-27-19)16-3-2-8-26-16/h2-9,11H,1H3,(H,22,25). The fourth-order valence-corrected chi connectivity index (χ4v) is 3.29. The molecule has 4 rings (SSSR count). The molecule has 0 saturated carbocycles. The number of nitriles is 1. The third-order valence-electron chi connectivity index (χ3n) is 3.80. The fourth-order valence-electron chi connectivity index (χ4n) is 2.52. The SMILES string of the molecule is Cc1cc(NC(=O)c2ccc(C#N)cc2)n(-c2nc(-c3ccco3)cs2)n1. The first-order valence-electron chi connectivity index (χ1n) is 8.02. The number of nitrogens with one attached hydrogen (secondary N) is 1. The van der Waals surface area contributed by atoms with Gasteiger partial charge in [0.25, 0.3) is 5.91 Å². The monoisotopic (exact) mass is 375 g/mol. The molecule has 3 aromatic heterocycles. The Labute approximate surface area is 158 Å². The number of furan rings is 1. The summed E-state index contributed by atoms with van der Waals surface area (Å²) in [6.45, 7) is 1.84. The number of hydrogen-bond donors (Lipinski definition) is 1. The van der Waals surface area contributed by atoms with Gasteiger partial charge in [-0.3, -0.25) is 4.79 Å². The van der Waals surface area contributed by atoms with Gasteiger partial charge >= 0.3 is 0 Å². The first-order chi connectivity index (χ1) is 13.1. The van der Waals surface area contributed by atoms with E-state index >= 15 is 0 Å². The highest BCUT2D eigenvalue weighted by Crippen LogP contribution is 2.26. The second kappa shape index (κ2) is 6.90. The minimum atomic E-state index is -0.288. The van der Waals surface area contributed by atoms with Crippen molar-refractivity contribution in [3.05, 3.63) is 70.9 Å². The molecule has 132 valence electrons. The number of aryl methyl sites for hydroxylation is 1. The van der Waals surface area contributed by atoms with Crippen LogP contribution in [-0.4, -0.2) is 20.7 Å². The van der Waals surface area contributed by atoms with Crippen molar-refractivity contribution < 1.29 is 9.21 Å². The number of aromatic nitrogens is 3. The first-order valence-corrected chi connectivity index (χ1v) is 8.90. The van der Waals surface area contributed by atoms with Crippen LogP contribution in [0.25, 0.3) is 16.6 Å². The molecule has 0 unspecified atom stereocenters. The normalized spacial score (nSPS) is 10.5. The lowest BCUT2D eigenvalue weighted by molar-refractivity contribution is 0.102. The molecule has 1 aromatic carbocycles. The van der Waals surface area contributed by atoms with Crippen molar-refractivity contribution in [3.63, 3.8) is 0 Å². The second-order valence-corrected chi connectivity index (χ2v) is 6.56. The zero-order valence-electron chi connectivity index (χ0n) is 14.2. The van der Waals surface area contributed by atoms with Gasteiger partial charge in [0, 0.05) is 17.0 Å². The molecular weight excluding hydrogens is 362 g/mol. The largest absolute Gasteiger partial charge is 0.463 e. The van der Waals surface area contributed by atoms with E-state index in [-0.39, 0.29) is 5.91 Å². The van der Waals surface area contributed by atoms with Crippen LogP contribution in [0, 0.1) is 18.3 Å². The van der Waals surface area contributed by atoms with Crippen LogP contribution in [0.1, 0.15) is 21.6 Å². The van der Waals surface area contributed by atoms with Crippen LogP contribution in [0.5, 0.6) is 0 Å². The number of thiazole rings is 1. The molecule has 0 radical (unpaired) electrons. The lowest BCUT2D eigenvalue weighted by Crippen LogP contribution is -2.15. The third-order valence-corrected chi connectivity index (χ3v) is 4.61. The summed E-state index contributed by atoms with van der Waals surface area (Å²) >= 11 is 1.40. The van der Waals surface area contributed by atoms with Crippen molar-refractivity contribution in [2.45, 2.75) is 6.92 Å². The number of benzene rings is 1. The molecule has 27 heavy (non-hydrogen) atoms. The Balaban J connectivity index is 1.61. The van der Waals surface area contributed by atoms with Crippen LogP contribution in [0.15, 0.2) is 58.5 Å². The van der Waals surface area contributed by atoms with Crippen LogP contribution in [0.3, 0.4) is 0 Å². The molecule has 0 fully saturated rings. The van der Waals surface area contributed by atoms with E-state index in [1.54, 1.807) is 47.3 Å². The molecule has 3 heterocycles. The quantitative estimate of drug-likeness (QED) is 0.581. The summed E-state index contributed by atoms with van der Waals surface area (Å²) in [4.78, 5) is 17.1. The number of amides is 1. The van der Waals surface area contributed by atoms with Gasteiger partial charge in [0.1, 0.15) is 11.5 Å². The summed E-state index contributed by atoms with van der Waals surface area (Å²) in [6, 6.07) is 13.9. The van der Waals surface area contributed by atoms with Crippen molar-refractivity contribution in [3.8, 4) is 22.7 Å². The number of carbonyl (C=O) groups is 1.